The number of benzene rings is 2. The number of carboxylic acid groups (broad SMARTS) is 1. The van der Waals surface area contributed by atoms with Crippen LogP contribution in [0.4, 0.5) is 8.78 Å². The van der Waals surface area contributed by atoms with Crippen LogP contribution in [0.3, 0.4) is 0 Å². The van der Waals surface area contributed by atoms with E-state index in [1.807, 2.05) is 16.7 Å². The van der Waals surface area contributed by atoms with E-state index >= 15 is 0 Å². The third-order valence-electron chi connectivity index (χ3n) is 9.21. The third kappa shape index (κ3) is 7.09. The summed E-state index contributed by atoms with van der Waals surface area (Å²) in [7, 11) is 0. The van der Waals surface area contributed by atoms with Crippen molar-refractivity contribution >= 4 is 36.7 Å². The van der Waals surface area contributed by atoms with Gasteiger partial charge in [0, 0.05) is 56.3 Å². The summed E-state index contributed by atoms with van der Waals surface area (Å²) in [5.74, 6) is -2.99. The third-order valence-corrected chi connectivity index (χ3v) is 9.21. The van der Waals surface area contributed by atoms with Gasteiger partial charge in [-0.3, -0.25) is 19.4 Å². The van der Waals surface area contributed by atoms with Crippen LogP contribution in [0.5, 0.6) is 0 Å². The average Bonchev–Trinajstić information content (AvgIpc) is 3.54. The monoisotopic (exact) mass is 625 g/mol. The van der Waals surface area contributed by atoms with E-state index < -0.39 is 29.6 Å². The summed E-state index contributed by atoms with van der Waals surface area (Å²) in [6.07, 6.45) is 3.72. The number of hydrogen-bond donors (Lipinski definition) is 1. The van der Waals surface area contributed by atoms with Crippen LogP contribution in [0.1, 0.15) is 62.3 Å². The van der Waals surface area contributed by atoms with E-state index in [4.69, 9.17) is 0 Å². The van der Waals surface area contributed by atoms with Gasteiger partial charge in [0.25, 0.3) is 0 Å². The Morgan fingerprint density at radius 3 is 2.33 bits per heavy atom. The first kappa shape index (κ1) is 34.2. The van der Waals surface area contributed by atoms with Crippen LogP contribution in [0, 0.1) is 17.6 Å². The predicted octanol–water partition coefficient (Wildman–Crippen LogP) is 5.34. The van der Waals surface area contributed by atoms with Crippen LogP contribution in [0.2, 0.25) is 0 Å². The quantitative estimate of drug-likeness (QED) is 0.470. The molecule has 1 N–H and O–H groups in total. The lowest BCUT2D eigenvalue weighted by molar-refractivity contribution is -0.147. The number of carbonyl (C=O) groups excluding carboxylic acids is 1. The number of rotatable bonds is 6. The maximum atomic E-state index is 14.9. The van der Waals surface area contributed by atoms with Gasteiger partial charge < -0.3 is 10.0 Å². The summed E-state index contributed by atoms with van der Waals surface area (Å²) in [5, 5.41) is 10.1. The fourth-order valence-corrected chi connectivity index (χ4v) is 6.88. The molecule has 3 aliphatic rings. The molecule has 2 aromatic rings. The Bertz CT molecular complexity index is 1290. The van der Waals surface area contributed by atoms with Crippen LogP contribution in [0.15, 0.2) is 36.4 Å². The fraction of sp³-hybridized carbons (Fsp3) is 0.562. The van der Waals surface area contributed by atoms with Gasteiger partial charge in [-0.25, -0.2) is 8.78 Å². The molecule has 42 heavy (non-hydrogen) atoms. The molecular formula is C32H43Cl2F2N3O3. The normalized spacial score (nSPS) is 23.6. The van der Waals surface area contributed by atoms with Gasteiger partial charge in [-0.05, 0) is 81.7 Å². The Morgan fingerprint density at radius 2 is 1.69 bits per heavy atom. The molecule has 1 aliphatic carbocycles. The van der Waals surface area contributed by atoms with E-state index in [1.54, 1.807) is 0 Å². The van der Waals surface area contributed by atoms with Gasteiger partial charge in [0.05, 0.1) is 5.92 Å². The van der Waals surface area contributed by atoms with Crippen LogP contribution < -0.4 is 0 Å². The number of aryl methyl sites for hydroxylation is 2. The lowest BCUT2D eigenvalue weighted by atomic mass is 9.87. The van der Waals surface area contributed by atoms with E-state index in [9.17, 15) is 23.5 Å². The van der Waals surface area contributed by atoms with Gasteiger partial charge in [0.15, 0.2) is 0 Å². The molecule has 1 unspecified atom stereocenters. The molecule has 0 aromatic heterocycles. The number of fused-ring (bicyclic) bond motifs is 1. The van der Waals surface area contributed by atoms with Crippen molar-refractivity contribution in [3.8, 4) is 0 Å². The first-order valence-electron chi connectivity index (χ1n) is 14.5. The average molecular weight is 627 g/mol. The zero-order valence-corrected chi connectivity index (χ0v) is 26.4. The van der Waals surface area contributed by atoms with Crippen LogP contribution in [-0.4, -0.2) is 82.0 Å². The van der Waals surface area contributed by atoms with Crippen molar-refractivity contribution in [3.05, 3.63) is 70.3 Å². The molecule has 5 rings (SSSR count). The first-order valence-corrected chi connectivity index (χ1v) is 14.5. The minimum atomic E-state index is -0.851. The number of halogens is 4. The summed E-state index contributed by atoms with van der Waals surface area (Å²) < 4.78 is 28.6. The minimum absolute atomic E-state index is 0. The molecule has 0 bridgehead atoms. The molecule has 2 heterocycles. The number of aliphatic carboxylic acids is 1. The lowest BCUT2D eigenvalue weighted by Crippen LogP contribution is -2.59. The standard InChI is InChI=1S/C32H41F2N3O3.2ClH/c1-20-17-35(29(31(39)40)15-21-8-9-22-6-5-7-23(22)14-21)12-13-37(20)30(38)27-19-36(32(2,3)4)18-26(27)25-11-10-24(33)16-28(25)34;;/h8-11,14,16,20,26-27,29H,5-7,12-13,15,17-19H2,1-4H3,(H,39,40);2*1H/t20-,26-,27+,29?;;/m0../s1. The largest absolute Gasteiger partial charge is 0.480 e. The Labute approximate surface area is 260 Å². The Hall–Kier alpha value is -2.26. The Balaban J connectivity index is 0.00000242. The van der Waals surface area contributed by atoms with Crippen LogP contribution in [0.25, 0.3) is 0 Å². The number of piperazine rings is 1. The molecular weight excluding hydrogens is 583 g/mol. The van der Waals surface area contributed by atoms with Crippen molar-refractivity contribution in [1.82, 2.24) is 14.7 Å². The molecule has 1 amide bonds. The molecule has 2 aliphatic heterocycles. The predicted molar refractivity (Wildman–Crippen MR) is 165 cm³/mol. The van der Waals surface area contributed by atoms with Crippen LogP contribution >= 0.6 is 24.8 Å². The van der Waals surface area contributed by atoms with Crippen molar-refractivity contribution in [1.29, 1.82) is 0 Å². The fourth-order valence-electron chi connectivity index (χ4n) is 6.88. The molecule has 0 saturated carbocycles. The Morgan fingerprint density at radius 1 is 0.976 bits per heavy atom. The molecule has 4 atom stereocenters. The second kappa shape index (κ2) is 13.6. The second-order valence-electron chi connectivity index (χ2n) is 12.8. The molecule has 2 aromatic carbocycles. The van der Waals surface area contributed by atoms with Gasteiger partial charge in [-0.1, -0.05) is 24.3 Å². The zero-order chi connectivity index (χ0) is 28.8. The highest BCUT2D eigenvalue weighted by molar-refractivity contribution is 5.85. The summed E-state index contributed by atoms with van der Waals surface area (Å²) in [4.78, 5) is 32.4. The lowest BCUT2D eigenvalue weighted by Gasteiger charge is -2.43. The van der Waals surface area contributed by atoms with E-state index in [0.29, 0.717) is 44.7 Å². The molecule has 0 radical (unpaired) electrons. The molecule has 2 saturated heterocycles. The first-order chi connectivity index (χ1) is 18.9. The highest BCUT2D eigenvalue weighted by atomic mass is 35.5. The van der Waals surface area contributed by atoms with Gasteiger partial charge in [-0.15, -0.1) is 24.8 Å². The molecule has 2 fully saturated rings. The summed E-state index contributed by atoms with van der Waals surface area (Å²) in [5.41, 5.74) is 3.90. The number of amides is 1. The number of likely N-dealkylation sites (tertiary alicyclic amines) is 1. The van der Waals surface area contributed by atoms with Gasteiger partial charge in [-0.2, -0.15) is 0 Å². The van der Waals surface area contributed by atoms with Crippen molar-refractivity contribution in [2.45, 2.75) is 76.9 Å². The number of nitrogens with zero attached hydrogens (tertiary/aromatic N) is 3. The highest BCUT2D eigenvalue weighted by Gasteiger charge is 2.46. The van der Waals surface area contributed by atoms with Gasteiger partial charge in [0.1, 0.15) is 17.7 Å². The SMILES string of the molecule is C[C@H]1CN(C(Cc2ccc3c(c2)CCC3)C(=O)O)CCN1C(=O)[C@@H]1CN(C(C)(C)C)C[C@H]1c1ccc(F)cc1F.Cl.Cl. The van der Waals surface area contributed by atoms with Crippen molar-refractivity contribution in [2.24, 2.45) is 5.92 Å². The van der Waals surface area contributed by atoms with E-state index in [2.05, 4.69) is 43.9 Å². The topological polar surface area (TPSA) is 64.1 Å². The van der Waals surface area contributed by atoms with Crippen LogP contribution in [-0.2, 0) is 28.9 Å². The van der Waals surface area contributed by atoms with Gasteiger partial charge >= 0.3 is 5.97 Å². The highest BCUT2D eigenvalue weighted by Crippen LogP contribution is 2.39. The maximum Gasteiger partial charge on any atom is 0.321 e. The zero-order valence-electron chi connectivity index (χ0n) is 24.8. The van der Waals surface area contributed by atoms with E-state index in [1.165, 1.54) is 23.3 Å². The summed E-state index contributed by atoms with van der Waals surface area (Å²) in [6.45, 7) is 10.5. The van der Waals surface area contributed by atoms with Crippen molar-refractivity contribution in [3.63, 3.8) is 0 Å². The number of hydrogen-bond acceptors (Lipinski definition) is 4. The number of carbonyl (C=O) groups is 2. The second-order valence-corrected chi connectivity index (χ2v) is 12.8. The minimum Gasteiger partial charge on any atom is -0.480 e. The maximum absolute atomic E-state index is 14.9. The summed E-state index contributed by atoms with van der Waals surface area (Å²) >= 11 is 0. The van der Waals surface area contributed by atoms with E-state index in [-0.39, 0.29) is 48.2 Å². The van der Waals surface area contributed by atoms with Gasteiger partial charge in [0.2, 0.25) is 5.91 Å². The summed E-state index contributed by atoms with van der Waals surface area (Å²) in [6, 6.07) is 9.13. The smallest absolute Gasteiger partial charge is 0.321 e. The number of carboxylic acids is 1. The van der Waals surface area contributed by atoms with Crippen molar-refractivity contribution in [2.75, 3.05) is 32.7 Å². The van der Waals surface area contributed by atoms with Crippen molar-refractivity contribution < 1.29 is 23.5 Å². The molecule has 0 spiro atoms. The molecule has 6 nitrogen and oxygen atoms in total. The molecule has 232 valence electrons. The Kier molecular flexibility index (Phi) is 11.1. The van der Waals surface area contributed by atoms with E-state index in [0.717, 1.165) is 30.9 Å². The molecule has 10 heteroatoms.